The van der Waals surface area contributed by atoms with Crippen molar-refractivity contribution in [2.45, 2.75) is 6.42 Å². The summed E-state index contributed by atoms with van der Waals surface area (Å²) in [6, 6.07) is 5.06. The molecule has 0 radical (unpaired) electrons. The van der Waals surface area contributed by atoms with Crippen molar-refractivity contribution in [1.29, 1.82) is 21.2 Å². The molecule has 4 heteroatoms. The molecule has 0 spiro atoms. The molecule has 0 aliphatic carbocycles. The van der Waals surface area contributed by atoms with Gasteiger partial charge in [0.2, 0.25) is 0 Å². The first-order valence-electron chi connectivity index (χ1n) is 2.76. The molecule has 0 amide bonds. The minimum absolute atomic E-state index is 0.00694. The Morgan fingerprint density at radius 1 is 1.27 bits per heavy atom. The molecule has 4 nitrogen and oxygen atoms in total. The van der Waals surface area contributed by atoms with Gasteiger partial charge in [0.25, 0.3) is 0 Å². The molecule has 0 aliphatic heterocycles. The zero-order valence-corrected chi connectivity index (χ0v) is 5.63. The first-order chi connectivity index (χ1) is 5.28. The topological polar surface area (TPSA) is 95.2 Å². The third kappa shape index (κ3) is 2.82. The maximum atomic E-state index is 8.28. The largest absolute Gasteiger partial charge is 0.258 e. The molecule has 0 bridgehead atoms. The van der Waals surface area contributed by atoms with E-state index < -0.39 is 5.92 Å². The maximum absolute atomic E-state index is 8.28. The average Bonchev–Trinajstić information content (AvgIpc) is 2.07. The number of allylic oxidation sites excluding steroid dienone is 1. The summed E-state index contributed by atoms with van der Waals surface area (Å²) in [5.41, 5.74) is 0.0260. The van der Waals surface area contributed by atoms with E-state index in [2.05, 4.69) is 0 Å². The Hall–Kier alpha value is -2.08. The molecule has 0 atom stereocenters. The summed E-state index contributed by atoms with van der Waals surface area (Å²) in [6.07, 6.45) is -0.00694. The van der Waals surface area contributed by atoms with E-state index >= 15 is 0 Å². The van der Waals surface area contributed by atoms with E-state index in [1.54, 1.807) is 18.2 Å². The Morgan fingerprint density at radius 2 is 1.82 bits per heavy atom. The molecule has 0 saturated carbocycles. The lowest BCUT2D eigenvalue weighted by atomic mass is 10.0. The van der Waals surface area contributed by atoms with Crippen molar-refractivity contribution in [2.24, 2.45) is 5.92 Å². The SMILES string of the molecule is N#CC(=C=N)CC(C#N)C#N. The molecule has 0 aromatic rings. The van der Waals surface area contributed by atoms with Crippen LogP contribution in [0.2, 0.25) is 0 Å². The molecule has 1 N–H and O–H groups in total. The van der Waals surface area contributed by atoms with Crippen LogP contribution >= 0.6 is 0 Å². The number of nitriles is 3. The van der Waals surface area contributed by atoms with Crippen molar-refractivity contribution >= 4 is 5.87 Å². The lowest BCUT2D eigenvalue weighted by Gasteiger charge is -1.91. The lowest BCUT2D eigenvalue weighted by molar-refractivity contribution is 0.846. The number of hydrogen-bond donors (Lipinski definition) is 1. The van der Waals surface area contributed by atoms with Crippen LogP contribution in [-0.4, -0.2) is 5.87 Å². The van der Waals surface area contributed by atoms with Gasteiger partial charge in [0.15, 0.2) is 0 Å². The highest BCUT2D eigenvalue weighted by Crippen LogP contribution is 2.05. The Kier molecular flexibility index (Phi) is 3.87. The van der Waals surface area contributed by atoms with Gasteiger partial charge in [-0.3, -0.25) is 5.41 Å². The summed E-state index contributed by atoms with van der Waals surface area (Å²) in [4.78, 5) is 0. The van der Waals surface area contributed by atoms with E-state index in [9.17, 15) is 0 Å². The van der Waals surface area contributed by atoms with Gasteiger partial charge in [0.05, 0.1) is 17.7 Å². The van der Waals surface area contributed by atoms with Crippen LogP contribution in [0.15, 0.2) is 5.57 Å². The molecule has 0 unspecified atom stereocenters. The van der Waals surface area contributed by atoms with Crippen molar-refractivity contribution in [3.8, 4) is 18.2 Å². The molecule has 0 heterocycles. The highest BCUT2D eigenvalue weighted by molar-refractivity contribution is 5.60. The minimum atomic E-state index is -0.845. The predicted octanol–water partition coefficient (Wildman–Crippen LogP) is 0.738. The number of hydrogen-bond acceptors (Lipinski definition) is 4. The minimum Gasteiger partial charge on any atom is -0.258 e. The third-order valence-corrected chi connectivity index (χ3v) is 1.01. The first kappa shape index (κ1) is 8.92. The Bertz CT molecular complexity index is 289. The standard InChI is InChI=1S/C7H4N4/c8-2-6(3-9)1-7(4-10)5-11/h6,10H,1H2. The van der Waals surface area contributed by atoms with Gasteiger partial charge in [-0.25, -0.2) is 0 Å². The van der Waals surface area contributed by atoms with E-state index in [4.69, 9.17) is 21.2 Å². The van der Waals surface area contributed by atoms with E-state index in [1.807, 2.05) is 5.87 Å². The van der Waals surface area contributed by atoms with Crippen LogP contribution in [-0.2, 0) is 0 Å². The van der Waals surface area contributed by atoms with Crippen LogP contribution < -0.4 is 0 Å². The van der Waals surface area contributed by atoms with Gasteiger partial charge in [-0.15, -0.1) is 0 Å². The highest BCUT2D eigenvalue weighted by atomic mass is 14.3. The van der Waals surface area contributed by atoms with Gasteiger partial charge < -0.3 is 0 Å². The average molecular weight is 144 g/mol. The van der Waals surface area contributed by atoms with Gasteiger partial charge in [-0.05, 0) is 5.87 Å². The fraction of sp³-hybridized carbons (Fsp3) is 0.286. The summed E-state index contributed by atoms with van der Waals surface area (Å²) < 4.78 is 0. The smallest absolute Gasteiger partial charge is 0.138 e. The van der Waals surface area contributed by atoms with Gasteiger partial charge in [0, 0.05) is 6.42 Å². The number of nitrogens with one attached hydrogen (secondary N) is 1. The fourth-order valence-electron chi connectivity index (χ4n) is 0.449. The highest BCUT2D eigenvalue weighted by Gasteiger charge is 2.07. The van der Waals surface area contributed by atoms with E-state index in [0.717, 1.165) is 0 Å². The van der Waals surface area contributed by atoms with Crippen molar-refractivity contribution in [2.75, 3.05) is 0 Å². The van der Waals surface area contributed by atoms with Crippen LogP contribution in [0, 0.1) is 45.3 Å². The maximum Gasteiger partial charge on any atom is 0.138 e. The molecule has 0 rings (SSSR count). The van der Waals surface area contributed by atoms with Crippen LogP contribution in [0.5, 0.6) is 0 Å². The van der Waals surface area contributed by atoms with Crippen molar-refractivity contribution in [3.05, 3.63) is 5.57 Å². The van der Waals surface area contributed by atoms with Crippen LogP contribution in [0.25, 0.3) is 0 Å². The van der Waals surface area contributed by atoms with Gasteiger partial charge in [0.1, 0.15) is 12.0 Å². The Balaban J connectivity index is 4.32. The van der Waals surface area contributed by atoms with Crippen molar-refractivity contribution < 1.29 is 0 Å². The van der Waals surface area contributed by atoms with E-state index in [-0.39, 0.29) is 12.0 Å². The Morgan fingerprint density at radius 3 is 2.09 bits per heavy atom. The van der Waals surface area contributed by atoms with Crippen LogP contribution in [0.4, 0.5) is 0 Å². The monoisotopic (exact) mass is 144 g/mol. The second-order valence-electron chi connectivity index (χ2n) is 1.73. The van der Waals surface area contributed by atoms with E-state index in [1.165, 1.54) is 0 Å². The second-order valence-corrected chi connectivity index (χ2v) is 1.73. The zero-order valence-electron chi connectivity index (χ0n) is 5.63. The molecule has 0 aromatic carbocycles. The molecular formula is C7H4N4. The summed E-state index contributed by atoms with van der Waals surface area (Å²) in [7, 11) is 0. The normalized spacial score (nSPS) is 7.09. The summed E-state index contributed by atoms with van der Waals surface area (Å²) in [5, 5.41) is 31.4. The molecule has 52 valence electrons. The summed E-state index contributed by atoms with van der Waals surface area (Å²) in [6.45, 7) is 0. The predicted molar refractivity (Wildman–Crippen MR) is 36.2 cm³/mol. The molecule has 0 aliphatic rings. The molecule has 11 heavy (non-hydrogen) atoms. The quantitative estimate of drug-likeness (QED) is 0.457. The Labute approximate surface area is 64.1 Å². The van der Waals surface area contributed by atoms with Crippen molar-refractivity contribution in [3.63, 3.8) is 0 Å². The fourth-order valence-corrected chi connectivity index (χ4v) is 0.449. The van der Waals surface area contributed by atoms with Crippen molar-refractivity contribution in [1.82, 2.24) is 0 Å². The lowest BCUT2D eigenvalue weighted by Crippen LogP contribution is -1.94. The first-order valence-corrected chi connectivity index (χ1v) is 2.76. The van der Waals surface area contributed by atoms with Crippen LogP contribution in [0.3, 0.4) is 0 Å². The van der Waals surface area contributed by atoms with Gasteiger partial charge in [-0.2, -0.15) is 15.8 Å². The zero-order chi connectivity index (χ0) is 8.69. The number of nitrogens with zero attached hydrogens (tertiary/aromatic N) is 3. The van der Waals surface area contributed by atoms with E-state index in [0.29, 0.717) is 0 Å². The molecular weight excluding hydrogens is 140 g/mol. The summed E-state index contributed by atoms with van der Waals surface area (Å²) in [5.74, 6) is 1.01. The molecule has 0 saturated heterocycles. The van der Waals surface area contributed by atoms with Gasteiger partial charge >= 0.3 is 0 Å². The van der Waals surface area contributed by atoms with Gasteiger partial charge in [-0.1, -0.05) is 0 Å². The molecule has 0 fully saturated rings. The van der Waals surface area contributed by atoms with Crippen LogP contribution in [0.1, 0.15) is 6.42 Å². The third-order valence-electron chi connectivity index (χ3n) is 1.01. The second kappa shape index (κ2) is 4.77. The summed E-state index contributed by atoms with van der Waals surface area (Å²) >= 11 is 0. The molecule has 0 aromatic heterocycles. The number of rotatable bonds is 2.